The molecule has 0 N–H and O–H groups in total. The predicted octanol–water partition coefficient (Wildman–Crippen LogP) is 3.73. The highest BCUT2D eigenvalue weighted by atomic mass is 79.9. The van der Waals surface area contributed by atoms with Crippen LogP contribution >= 0.6 is 15.9 Å². The number of methoxy groups -OCH3 is 1. The Hall–Kier alpha value is -3.26. The Bertz CT molecular complexity index is 1350. The zero-order valence-corrected chi connectivity index (χ0v) is 18.1. The lowest BCUT2D eigenvalue weighted by Crippen LogP contribution is -2.22. The van der Waals surface area contributed by atoms with Crippen LogP contribution < -0.4 is 5.56 Å². The second-order valence-electron chi connectivity index (χ2n) is 6.71. The van der Waals surface area contributed by atoms with Gasteiger partial charge in [-0.1, -0.05) is 41.1 Å². The van der Waals surface area contributed by atoms with Crippen LogP contribution in [-0.2, 0) is 22.5 Å². The summed E-state index contributed by atoms with van der Waals surface area (Å²) in [6.07, 6.45) is 4.01. The average Bonchev–Trinajstić information content (AvgIpc) is 3.10. The van der Waals surface area contributed by atoms with Crippen molar-refractivity contribution in [2.75, 3.05) is 7.11 Å². The number of carbonyl (C=O) groups excluding carboxylic acids is 1. The molecule has 0 fully saturated rings. The Morgan fingerprint density at radius 3 is 2.80 bits per heavy atom. The lowest BCUT2D eigenvalue weighted by molar-refractivity contribution is -0.141. The van der Waals surface area contributed by atoms with Crippen LogP contribution in [0.4, 0.5) is 0 Å². The molecule has 0 aliphatic heterocycles. The van der Waals surface area contributed by atoms with E-state index in [1.54, 1.807) is 12.3 Å². The minimum Gasteiger partial charge on any atom is -0.468 e. The van der Waals surface area contributed by atoms with Crippen molar-refractivity contribution in [3.05, 3.63) is 74.9 Å². The molecule has 2 aromatic carbocycles. The number of benzene rings is 2. The normalized spacial score (nSPS) is 11.6. The number of carbonyl (C=O) groups is 1. The Kier molecular flexibility index (Phi) is 5.50. The number of nitrogens with zero attached hydrogens (tertiary/aromatic N) is 4. The summed E-state index contributed by atoms with van der Waals surface area (Å²) in [5.41, 5.74) is 2.08. The molecule has 2 heterocycles. The minimum absolute atomic E-state index is 0.0938. The van der Waals surface area contributed by atoms with Gasteiger partial charge < -0.3 is 9.30 Å². The van der Waals surface area contributed by atoms with E-state index in [0.717, 1.165) is 20.9 Å². The van der Waals surface area contributed by atoms with Crippen LogP contribution in [0.1, 0.15) is 18.3 Å². The Balaban J connectivity index is 1.83. The quantitative estimate of drug-likeness (QED) is 0.331. The van der Waals surface area contributed by atoms with E-state index in [9.17, 15) is 9.59 Å². The number of para-hydroxylation sites is 1. The monoisotopic (exact) mass is 466 g/mol. The number of aryl methyl sites for hydroxylation is 1. The van der Waals surface area contributed by atoms with E-state index in [0.29, 0.717) is 23.1 Å². The van der Waals surface area contributed by atoms with Gasteiger partial charge in [0.2, 0.25) is 0 Å². The topological polar surface area (TPSA) is 78.5 Å². The van der Waals surface area contributed by atoms with E-state index in [-0.39, 0.29) is 18.1 Å². The number of aromatic nitrogens is 3. The maximum atomic E-state index is 13.1. The number of esters is 1. The highest BCUT2D eigenvalue weighted by molar-refractivity contribution is 9.10. The minimum atomic E-state index is -0.340. The summed E-state index contributed by atoms with van der Waals surface area (Å²) in [4.78, 5) is 29.4. The zero-order valence-electron chi connectivity index (χ0n) is 16.5. The van der Waals surface area contributed by atoms with Crippen molar-refractivity contribution in [2.24, 2.45) is 5.10 Å². The molecular formula is C22H19BrN4O3. The van der Waals surface area contributed by atoms with E-state index in [4.69, 9.17) is 4.74 Å². The first-order valence-corrected chi connectivity index (χ1v) is 10.2. The molecule has 152 valence electrons. The number of hydrogen-bond donors (Lipinski definition) is 0. The van der Waals surface area contributed by atoms with E-state index in [1.807, 2.05) is 54.1 Å². The van der Waals surface area contributed by atoms with Gasteiger partial charge >= 0.3 is 5.97 Å². The maximum absolute atomic E-state index is 13.1. The summed E-state index contributed by atoms with van der Waals surface area (Å²) in [6.45, 7) is 2.03. The SMILES string of the molecule is CCc1nc2ccc(Br)cc2c(=O)n1N=Cc1cn(CC(=O)OC)c2ccccc12. The van der Waals surface area contributed by atoms with Crippen molar-refractivity contribution in [1.29, 1.82) is 0 Å². The van der Waals surface area contributed by atoms with Gasteiger partial charge in [-0.05, 0) is 24.3 Å². The average molecular weight is 467 g/mol. The molecule has 4 aromatic rings. The van der Waals surface area contributed by atoms with Crippen molar-refractivity contribution in [3.8, 4) is 0 Å². The molecule has 0 atom stereocenters. The molecule has 8 heteroatoms. The molecule has 0 spiro atoms. The van der Waals surface area contributed by atoms with Crippen LogP contribution in [0.25, 0.3) is 21.8 Å². The molecular weight excluding hydrogens is 448 g/mol. The second kappa shape index (κ2) is 8.23. The third-order valence-corrected chi connectivity index (χ3v) is 5.34. The number of fused-ring (bicyclic) bond motifs is 2. The van der Waals surface area contributed by atoms with Gasteiger partial charge in [-0.25, -0.2) is 4.98 Å². The van der Waals surface area contributed by atoms with E-state index >= 15 is 0 Å². The third-order valence-electron chi connectivity index (χ3n) is 4.85. The number of hydrogen-bond acceptors (Lipinski definition) is 5. The number of ether oxygens (including phenoxy) is 1. The lowest BCUT2D eigenvalue weighted by Gasteiger charge is -2.07. The Morgan fingerprint density at radius 1 is 1.23 bits per heavy atom. The highest BCUT2D eigenvalue weighted by Gasteiger charge is 2.12. The van der Waals surface area contributed by atoms with E-state index < -0.39 is 0 Å². The lowest BCUT2D eigenvalue weighted by atomic mass is 10.2. The van der Waals surface area contributed by atoms with Crippen LogP contribution in [0.3, 0.4) is 0 Å². The fourth-order valence-corrected chi connectivity index (χ4v) is 3.74. The van der Waals surface area contributed by atoms with Gasteiger partial charge in [0.15, 0.2) is 0 Å². The van der Waals surface area contributed by atoms with Crippen LogP contribution in [-0.4, -0.2) is 33.5 Å². The number of halogens is 1. The second-order valence-corrected chi connectivity index (χ2v) is 7.63. The molecule has 0 saturated heterocycles. The molecule has 4 rings (SSSR count). The summed E-state index contributed by atoms with van der Waals surface area (Å²) in [7, 11) is 1.36. The van der Waals surface area contributed by atoms with Crippen molar-refractivity contribution in [1.82, 2.24) is 14.2 Å². The summed E-state index contributed by atoms with van der Waals surface area (Å²) in [6, 6.07) is 13.1. The summed E-state index contributed by atoms with van der Waals surface area (Å²) < 4.78 is 8.73. The molecule has 30 heavy (non-hydrogen) atoms. The summed E-state index contributed by atoms with van der Waals surface area (Å²) in [5, 5.41) is 5.88. The van der Waals surface area contributed by atoms with Crippen LogP contribution in [0.15, 0.2) is 63.0 Å². The first kappa shape index (κ1) is 20.0. The Labute approximate surface area is 180 Å². The molecule has 0 saturated carbocycles. The van der Waals surface area contributed by atoms with Gasteiger partial charge in [-0.3, -0.25) is 9.59 Å². The molecule has 0 bridgehead atoms. The van der Waals surface area contributed by atoms with Gasteiger partial charge in [0.05, 0.1) is 24.2 Å². The Morgan fingerprint density at radius 2 is 2.03 bits per heavy atom. The maximum Gasteiger partial charge on any atom is 0.325 e. The van der Waals surface area contributed by atoms with E-state index in [1.165, 1.54) is 11.8 Å². The van der Waals surface area contributed by atoms with Gasteiger partial charge in [0.1, 0.15) is 12.4 Å². The largest absolute Gasteiger partial charge is 0.468 e. The molecule has 0 unspecified atom stereocenters. The first-order valence-electron chi connectivity index (χ1n) is 9.42. The molecule has 7 nitrogen and oxygen atoms in total. The first-order chi connectivity index (χ1) is 14.5. The fraction of sp³-hybridized carbons (Fsp3) is 0.182. The van der Waals surface area contributed by atoms with Crippen molar-refractivity contribution >= 4 is 49.9 Å². The smallest absolute Gasteiger partial charge is 0.325 e. The van der Waals surface area contributed by atoms with Crippen molar-refractivity contribution in [2.45, 2.75) is 19.9 Å². The van der Waals surface area contributed by atoms with Gasteiger partial charge in [0, 0.05) is 33.6 Å². The predicted molar refractivity (Wildman–Crippen MR) is 120 cm³/mol. The molecule has 0 aliphatic rings. The highest BCUT2D eigenvalue weighted by Crippen LogP contribution is 2.20. The fourth-order valence-electron chi connectivity index (χ4n) is 3.38. The number of rotatable bonds is 5. The van der Waals surface area contributed by atoms with Crippen LogP contribution in [0.5, 0.6) is 0 Å². The van der Waals surface area contributed by atoms with Crippen LogP contribution in [0, 0.1) is 0 Å². The zero-order chi connectivity index (χ0) is 21.3. The van der Waals surface area contributed by atoms with Crippen molar-refractivity contribution in [3.63, 3.8) is 0 Å². The summed E-state index contributed by atoms with van der Waals surface area (Å²) >= 11 is 3.40. The van der Waals surface area contributed by atoms with Gasteiger partial charge in [0.25, 0.3) is 5.56 Å². The summed E-state index contributed by atoms with van der Waals surface area (Å²) in [5.74, 6) is 0.234. The van der Waals surface area contributed by atoms with Gasteiger partial charge in [-0.2, -0.15) is 9.78 Å². The third kappa shape index (κ3) is 3.66. The molecule has 0 aliphatic carbocycles. The van der Waals surface area contributed by atoms with E-state index in [2.05, 4.69) is 26.0 Å². The molecule has 2 aromatic heterocycles. The molecule has 0 amide bonds. The van der Waals surface area contributed by atoms with Crippen LogP contribution in [0.2, 0.25) is 0 Å². The standard InChI is InChI=1S/C22H19BrN4O3/c1-3-20-25-18-9-8-15(23)10-17(18)22(29)27(20)24-11-14-12-26(13-21(28)30-2)19-7-5-4-6-16(14)19/h4-12H,3,13H2,1-2H3. The molecule has 0 radical (unpaired) electrons. The van der Waals surface area contributed by atoms with Gasteiger partial charge in [-0.15, -0.1) is 0 Å². The van der Waals surface area contributed by atoms with Crippen molar-refractivity contribution < 1.29 is 9.53 Å².